The summed E-state index contributed by atoms with van der Waals surface area (Å²) in [4.78, 5) is 11.8. The van der Waals surface area contributed by atoms with E-state index < -0.39 is 0 Å². The number of ether oxygens (including phenoxy) is 1. The summed E-state index contributed by atoms with van der Waals surface area (Å²) in [6, 6.07) is 0. The minimum Gasteiger partial charge on any atom is -0.394 e. The normalized spacial score (nSPS) is 26.5. The van der Waals surface area contributed by atoms with E-state index in [4.69, 9.17) is 9.84 Å². The van der Waals surface area contributed by atoms with Crippen LogP contribution in [0.2, 0.25) is 0 Å². The molecule has 4 nitrogen and oxygen atoms in total. The number of aliphatic hydroxyl groups is 1. The SMILES string of the molecule is O=CN1CCO[C@@H](CO)C1. The van der Waals surface area contributed by atoms with Gasteiger partial charge in [-0.3, -0.25) is 4.79 Å². The highest BCUT2D eigenvalue weighted by Gasteiger charge is 2.17. The molecule has 1 aliphatic rings. The Morgan fingerprint density at radius 3 is 3.20 bits per heavy atom. The van der Waals surface area contributed by atoms with Crippen molar-refractivity contribution in [3.63, 3.8) is 0 Å². The molecule has 1 fully saturated rings. The lowest BCUT2D eigenvalue weighted by molar-refractivity contribution is -0.127. The number of hydrogen-bond donors (Lipinski definition) is 1. The van der Waals surface area contributed by atoms with Crippen LogP contribution in [0.3, 0.4) is 0 Å². The van der Waals surface area contributed by atoms with Crippen molar-refractivity contribution in [2.24, 2.45) is 0 Å². The molecule has 1 atom stereocenters. The van der Waals surface area contributed by atoms with Gasteiger partial charge in [-0.2, -0.15) is 0 Å². The Balaban J connectivity index is 2.31. The van der Waals surface area contributed by atoms with Gasteiger partial charge >= 0.3 is 0 Å². The van der Waals surface area contributed by atoms with Gasteiger partial charge in [0.05, 0.1) is 19.3 Å². The third-order valence-corrected chi connectivity index (χ3v) is 1.52. The molecule has 1 saturated heterocycles. The maximum atomic E-state index is 10.2. The molecule has 1 heterocycles. The van der Waals surface area contributed by atoms with Gasteiger partial charge in [0.15, 0.2) is 0 Å². The van der Waals surface area contributed by atoms with Crippen LogP contribution in [0.25, 0.3) is 0 Å². The highest BCUT2D eigenvalue weighted by Crippen LogP contribution is 2.01. The van der Waals surface area contributed by atoms with Crippen LogP contribution in [-0.4, -0.2) is 48.8 Å². The molecule has 10 heavy (non-hydrogen) atoms. The molecule has 1 rings (SSSR count). The van der Waals surface area contributed by atoms with E-state index in [9.17, 15) is 4.79 Å². The van der Waals surface area contributed by atoms with Gasteiger partial charge in [-0.1, -0.05) is 0 Å². The molecule has 1 amide bonds. The van der Waals surface area contributed by atoms with E-state index in [1.807, 2.05) is 0 Å². The number of aliphatic hydroxyl groups excluding tert-OH is 1. The molecule has 0 spiro atoms. The van der Waals surface area contributed by atoms with E-state index in [0.29, 0.717) is 19.7 Å². The second kappa shape index (κ2) is 3.53. The van der Waals surface area contributed by atoms with Crippen molar-refractivity contribution >= 4 is 6.41 Å². The minimum absolute atomic E-state index is 0.00958. The van der Waals surface area contributed by atoms with Gasteiger partial charge in [-0.15, -0.1) is 0 Å². The van der Waals surface area contributed by atoms with Crippen LogP contribution in [0.1, 0.15) is 0 Å². The molecule has 0 aromatic rings. The Labute approximate surface area is 59.4 Å². The van der Waals surface area contributed by atoms with E-state index in [0.717, 1.165) is 6.41 Å². The lowest BCUT2D eigenvalue weighted by Gasteiger charge is -2.28. The standard InChI is InChI=1S/C6H11NO3/c8-4-6-3-7(5-9)1-2-10-6/h5-6,8H,1-4H2/t6-/m1/s1. The zero-order chi connectivity index (χ0) is 7.40. The highest BCUT2D eigenvalue weighted by molar-refractivity contribution is 5.47. The predicted octanol–water partition coefficient (Wildman–Crippen LogP) is -1.16. The number of morpholine rings is 1. The summed E-state index contributed by atoms with van der Waals surface area (Å²) in [5, 5.41) is 8.64. The summed E-state index contributed by atoms with van der Waals surface area (Å²) in [5.74, 6) is 0. The van der Waals surface area contributed by atoms with Crippen LogP contribution < -0.4 is 0 Å². The molecular formula is C6H11NO3. The van der Waals surface area contributed by atoms with Gasteiger partial charge in [0, 0.05) is 13.1 Å². The topological polar surface area (TPSA) is 49.8 Å². The molecule has 1 N–H and O–H groups in total. The smallest absolute Gasteiger partial charge is 0.209 e. The van der Waals surface area contributed by atoms with Crippen molar-refractivity contribution in [3.05, 3.63) is 0 Å². The molecule has 4 heteroatoms. The first kappa shape index (κ1) is 7.50. The quantitative estimate of drug-likeness (QED) is 0.498. The van der Waals surface area contributed by atoms with E-state index in [-0.39, 0.29) is 12.7 Å². The van der Waals surface area contributed by atoms with Crippen LogP contribution in [-0.2, 0) is 9.53 Å². The summed E-state index contributed by atoms with van der Waals surface area (Å²) < 4.78 is 5.11. The Morgan fingerprint density at radius 2 is 2.60 bits per heavy atom. The molecule has 1 aliphatic heterocycles. The lowest BCUT2D eigenvalue weighted by atomic mass is 10.3. The molecule has 58 valence electrons. The summed E-state index contributed by atoms with van der Waals surface area (Å²) >= 11 is 0. The lowest BCUT2D eigenvalue weighted by Crippen LogP contribution is -2.43. The van der Waals surface area contributed by atoms with Crippen LogP contribution in [0, 0.1) is 0 Å². The first-order valence-electron chi connectivity index (χ1n) is 3.28. The summed E-state index contributed by atoms with van der Waals surface area (Å²) in [6.07, 6.45) is 0.601. The molecule has 0 saturated carbocycles. The van der Waals surface area contributed by atoms with E-state index >= 15 is 0 Å². The van der Waals surface area contributed by atoms with Crippen LogP contribution in [0.5, 0.6) is 0 Å². The predicted molar refractivity (Wildman–Crippen MR) is 34.5 cm³/mol. The Hall–Kier alpha value is -0.610. The number of amides is 1. The fourth-order valence-corrected chi connectivity index (χ4v) is 0.948. The van der Waals surface area contributed by atoms with E-state index in [2.05, 4.69) is 0 Å². The van der Waals surface area contributed by atoms with Crippen molar-refractivity contribution in [2.75, 3.05) is 26.3 Å². The van der Waals surface area contributed by atoms with Crippen molar-refractivity contribution in [1.29, 1.82) is 0 Å². The molecule has 0 aromatic carbocycles. The zero-order valence-corrected chi connectivity index (χ0v) is 5.69. The average molecular weight is 145 g/mol. The van der Waals surface area contributed by atoms with Gasteiger partial charge in [-0.05, 0) is 0 Å². The van der Waals surface area contributed by atoms with Crippen LogP contribution >= 0.6 is 0 Å². The minimum atomic E-state index is -0.182. The first-order valence-corrected chi connectivity index (χ1v) is 3.28. The van der Waals surface area contributed by atoms with Crippen molar-refractivity contribution in [1.82, 2.24) is 4.90 Å². The molecule has 0 aromatic heterocycles. The highest BCUT2D eigenvalue weighted by atomic mass is 16.5. The summed E-state index contributed by atoms with van der Waals surface area (Å²) in [7, 11) is 0. The zero-order valence-electron chi connectivity index (χ0n) is 5.69. The van der Waals surface area contributed by atoms with Gasteiger partial charge in [0.25, 0.3) is 0 Å². The van der Waals surface area contributed by atoms with E-state index in [1.54, 1.807) is 4.90 Å². The van der Waals surface area contributed by atoms with Crippen molar-refractivity contribution < 1.29 is 14.6 Å². The molecular weight excluding hydrogens is 134 g/mol. The molecule has 0 aliphatic carbocycles. The number of nitrogens with zero attached hydrogens (tertiary/aromatic N) is 1. The number of rotatable bonds is 2. The number of hydrogen-bond acceptors (Lipinski definition) is 3. The fourth-order valence-electron chi connectivity index (χ4n) is 0.948. The van der Waals surface area contributed by atoms with Gasteiger partial charge in [-0.25, -0.2) is 0 Å². The first-order chi connectivity index (χ1) is 4.86. The van der Waals surface area contributed by atoms with Crippen LogP contribution in [0.15, 0.2) is 0 Å². The molecule has 0 unspecified atom stereocenters. The maximum Gasteiger partial charge on any atom is 0.209 e. The summed E-state index contributed by atoms with van der Waals surface area (Å²) in [6.45, 7) is 1.67. The second-order valence-corrected chi connectivity index (χ2v) is 2.28. The van der Waals surface area contributed by atoms with Crippen molar-refractivity contribution in [2.45, 2.75) is 6.10 Å². The Kier molecular flexibility index (Phi) is 2.65. The number of carbonyl (C=O) groups excluding carboxylic acids is 1. The average Bonchev–Trinajstić information content (AvgIpc) is 2.05. The Bertz CT molecular complexity index is 118. The monoisotopic (exact) mass is 145 g/mol. The third-order valence-electron chi connectivity index (χ3n) is 1.52. The van der Waals surface area contributed by atoms with Crippen LogP contribution in [0.4, 0.5) is 0 Å². The van der Waals surface area contributed by atoms with Gasteiger partial charge in [0.2, 0.25) is 6.41 Å². The third kappa shape index (κ3) is 1.68. The van der Waals surface area contributed by atoms with E-state index in [1.165, 1.54) is 0 Å². The van der Waals surface area contributed by atoms with Gasteiger partial charge < -0.3 is 14.7 Å². The summed E-state index contributed by atoms with van der Waals surface area (Å²) in [5.41, 5.74) is 0. The Morgan fingerprint density at radius 1 is 1.80 bits per heavy atom. The largest absolute Gasteiger partial charge is 0.394 e. The molecule has 0 bridgehead atoms. The molecule has 0 radical (unpaired) electrons. The second-order valence-electron chi connectivity index (χ2n) is 2.28. The maximum absolute atomic E-state index is 10.2. The van der Waals surface area contributed by atoms with Crippen molar-refractivity contribution in [3.8, 4) is 0 Å². The number of carbonyl (C=O) groups is 1. The van der Waals surface area contributed by atoms with Gasteiger partial charge in [0.1, 0.15) is 0 Å². The fraction of sp³-hybridized carbons (Fsp3) is 0.833.